The van der Waals surface area contributed by atoms with E-state index in [1.807, 2.05) is 23.6 Å². The third-order valence-corrected chi connectivity index (χ3v) is 5.31. The van der Waals surface area contributed by atoms with Crippen molar-refractivity contribution in [1.29, 1.82) is 0 Å². The summed E-state index contributed by atoms with van der Waals surface area (Å²) in [5.41, 5.74) is -1.21. The number of alkyl halides is 3. The molecule has 0 N–H and O–H groups in total. The molecule has 27 heavy (non-hydrogen) atoms. The monoisotopic (exact) mass is 405 g/mol. The van der Waals surface area contributed by atoms with Crippen molar-refractivity contribution in [2.45, 2.75) is 38.5 Å². The molecule has 0 bridgehead atoms. The average molecular weight is 406 g/mol. The number of amides is 1. The summed E-state index contributed by atoms with van der Waals surface area (Å²) >= 11 is 6.03. The van der Waals surface area contributed by atoms with Crippen molar-refractivity contribution >= 4 is 23.3 Å². The van der Waals surface area contributed by atoms with Crippen molar-refractivity contribution < 1.29 is 22.7 Å². The van der Waals surface area contributed by atoms with Crippen LogP contribution >= 0.6 is 11.6 Å². The largest absolute Gasteiger partial charge is 0.417 e. The molecule has 2 aliphatic rings. The third kappa shape index (κ3) is 4.66. The Labute approximate surface area is 161 Å². The summed E-state index contributed by atoms with van der Waals surface area (Å²) in [6.07, 6.45) is -2.43. The quantitative estimate of drug-likeness (QED) is 0.754. The van der Waals surface area contributed by atoms with Gasteiger partial charge in [-0.3, -0.25) is 4.79 Å². The fourth-order valence-corrected chi connectivity index (χ4v) is 3.91. The van der Waals surface area contributed by atoms with E-state index in [1.54, 1.807) is 0 Å². The zero-order chi connectivity index (χ0) is 19.8. The van der Waals surface area contributed by atoms with Gasteiger partial charge >= 0.3 is 6.18 Å². The second kappa shape index (κ2) is 7.47. The Morgan fingerprint density at radius 2 is 1.96 bits per heavy atom. The van der Waals surface area contributed by atoms with Crippen LogP contribution in [-0.2, 0) is 15.7 Å². The van der Waals surface area contributed by atoms with Crippen LogP contribution in [0, 0.1) is 5.92 Å². The maximum atomic E-state index is 12.8. The molecule has 0 atom stereocenters. The van der Waals surface area contributed by atoms with Crippen molar-refractivity contribution in [3.63, 3.8) is 0 Å². The molecule has 1 aromatic heterocycles. The van der Waals surface area contributed by atoms with E-state index in [2.05, 4.69) is 4.98 Å². The van der Waals surface area contributed by atoms with Crippen molar-refractivity contribution in [3.05, 3.63) is 22.8 Å². The summed E-state index contributed by atoms with van der Waals surface area (Å²) in [4.78, 5) is 20.4. The number of anilines is 1. The maximum Gasteiger partial charge on any atom is 0.417 e. The molecule has 0 spiro atoms. The smallest absolute Gasteiger partial charge is 0.372 e. The summed E-state index contributed by atoms with van der Waals surface area (Å²) in [5.74, 6) is 0.365. The lowest BCUT2D eigenvalue weighted by atomic mass is 9.94. The van der Waals surface area contributed by atoms with Gasteiger partial charge in [0.25, 0.3) is 0 Å². The predicted octanol–water partition coefficient (Wildman–Crippen LogP) is 3.61. The Kier molecular flexibility index (Phi) is 5.59. The lowest BCUT2D eigenvalue weighted by molar-refractivity contribution is -0.150. The molecule has 9 heteroatoms. The Hall–Kier alpha value is -1.54. The first kappa shape index (κ1) is 20.2. The minimum Gasteiger partial charge on any atom is -0.372 e. The van der Waals surface area contributed by atoms with Crippen LogP contribution in [0.15, 0.2) is 12.3 Å². The Morgan fingerprint density at radius 3 is 2.52 bits per heavy atom. The highest BCUT2D eigenvalue weighted by atomic mass is 35.5. The summed E-state index contributed by atoms with van der Waals surface area (Å²) < 4.78 is 43.9. The van der Waals surface area contributed by atoms with Gasteiger partial charge in [0.1, 0.15) is 5.82 Å². The van der Waals surface area contributed by atoms with E-state index < -0.39 is 11.7 Å². The minimum atomic E-state index is -4.47. The molecule has 0 unspecified atom stereocenters. The lowest BCUT2D eigenvalue weighted by Gasteiger charge is -2.41. The number of ether oxygens (including phenoxy) is 1. The second-order valence-electron chi connectivity index (χ2n) is 7.66. The highest BCUT2D eigenvalue weighted by Gasteiger charge is 2.36. The van der Waals surface area contributed by atoms with Crippen molar-refractivity contribution in [1.82, 2.24) is 9.88 Å². The number of pyridine rings is 1. The highest BCUT2D eigenvalue weighted by Crippen LogP contribution is 2.35. The second-order valence-corrected chi connectivity index (χ2v) is 8.06. The molecular weight excluding hydrogens is 383 g/mol. The standard InChI is InChI=1S/C18H23ClF3N3O2/c1-17(2)11-25(7-8-27-17)16(26)12-3-5-24(6-4-12)15-14(19)9-13(10-23-15)18(20,21)22/h9-10,12H,3-8,11H2,1-2H3. The van der Waals surface area contributed by atoms with Crippen LogP contribution in [0.1, 0.15) is 32.3 Å². The SMILES string of the molecule is CC1(C)CN(C(=O)C2CCN(c3ncc(C(F)(F)F)cc3Cl)CC2)CCO1. The molecular formula is C18H23ClF3N3O2. The van der Waals surface area contributed by atoms with Crippen LogP contribution in [-0.4, -0.2) is 54.2 Å². The first-order valence-corrected chi connectivity index (χ1v) is 9.35. The van der Waals surface area contributed by atoms with Gasteiger partial charge in [-0.1, -0.05) is 11.6 Å². The number of piperidine rings is 1. The molecule has 2 fully saturated rings. The number of morpholine rings is 1. The van der Waals surface area contributed by atoms with Crippen LogP contribution in [0.5, 0.6) is 0 Å². The van der Waals surface area contributed by atoms with Gasteiger partial charge in [0.05, 0.1) is 22.8 Å². The number of rotatable bonds is 2. The predicted molar refractivity (Wildman–Crippen MR) is 95.8 cm³/mol. The van der Waals surface area contributed by atoms with Gasteiger partial charge in [-0.25, -0.2) is 4.98 Å². The molecule has 0 saturated carbocycles. The molecule has 3 heterocycles. The average Bonchev–Trinajstić information content (AvgIpc) is 2.59. The summed E-state index contributed by atoms with van der Waals surface area (Å²) in [6.45, 7) is 6.68. The highest BCUT2D eigenvalue weighted by molar-refractivity contribution is 6.33. The molecule has 1 aromatic rings. The van der Waals surface area contributed by atoms with Gasteiger partial charge in [-0.15, -0.1) is 0 Å². The number of carbonyl (C=O) groups excluding carboxylic acids is 1. The number of hydrogen-bond acceptors (Lipinski definition) is 4. The Morgan fingerprint density at radius 1 is 1.30 bits per heavy atom. The summed E-state index contributed by atoms with van der Waals surface area (Å²) in [6, 6.07) is 0.900. The zero-order valence-electron chi connectivity index (χ0n) is 15.4. The minimum absolute atomic E-state index is 0.0236. The van der Waals surface area contributed by atoms with Crippen LogP contribution in [0.2, 0.25) is 5.02 Å². The van der Waals surface area contributed by atoms with Gasteiger partial charge in [0.2, 0.25) is 5.91 Å². The van der Waals surface area contributed by atoms with E-state index in [1.165, 1.54) is 0 Å². The molecule has 2 saturated heterocycles. The normalized spacial score (nSPS) is 21.4. The van der Waals surface area contributed by atoms with Gasteiger partial charge < -0.3 is 14.5 Å². The van der Waals surface area contributed by atoms with Crippen LogP contribution < -0.4 is 4.90 Å². The van der Waals surface area contributed by atoms with Gasteiger partial charge in [-0.05, 0) is 32.8 Å². The van der Waals surface area contributed by atoms with E-state index >= 15 is 0 Å². The molecule has 150 valence electrons. The number of carbonyl (C=O) groups is 1. The lowest BCUT2D eigenvalue weighted by Crippen LogP contribution is -2.53. The van der Waals surface area contributed by atoms with Crippen LogP contribution in [0.4, 0.5) is 19.0 Å². The van der Waals surface area contributed by atoms with Crippen LogP contribution in [0.3, 0.4) is 0 Å². The fraction of sp³-hybridized carbons (Fsp3) is 0.667. The van der Waals surface area contributed by atoms with Gasteiger partial charge in [0, 0.05) is 38.3 Å². The summed E-state index contributed by atoms with van der Waals surface area (Å²) in [7, 11) is 0. The van der Waals surface area contributed by atoms with E-state index in [9.17, 15) is 18.0 Å². The number of aromatic nitrogens is 1. The first-order valence-electron chi connectivity index (χ1n) is 8.97. The van der Waals surface area contributed by atoms with E-state index in [0.717, 1.165) is 12.3 Å². The zero-order valence-corrected chi connectivity index (χ0v) is 16.1. The molecule has 2 aliphatic heterocycles. The van der Waals surface area contributed by atoms with Gasteiger partial charge in [0.15, 0.2) is 0 Å². The topological polar surface area (TPSA) is 45.7 Å². The van der Waals surface area contributed by atoms with E-state index in [4.69, 9.17) is 16.3 Å². The molecule has 5 nitrogen and oxygen atoms in total. The number of hydrogen-bond donors (Lipinski definition) is 0. The van der Waals surface area contributed by atoms with Gasteiger partial charge in [-0.2, -0.15) is 13.2 Å². The molecule has 3 rings (SSSR count). The fourth-order valence-electron chi connectivity index (χ4n) is 3.62. The van der Waals surface area contributed by atoms with Crippen molar-refractivity contribution in [2.75, 3.05) is 37.7 Å². The number of halogens is 4. The molecule has 0 aliphatic carbocycles. The molecule has 1 amide bonds. The third-order valence-electron chi connectivity index (χ3n) is 5.03. The van der Waals surface area contributed by atoms with Crippen LogP contribution in [0.25, 0.3) is 0 Å². The first-order chi connectivity index (χ1) is 12.6. The van der Waals surface area contributed by atoms with E-state index in [-0.39, 0.29) is 22.4 Å². The van der Waals surface area contributed by atoms with Crippen molar-refractivity contribution in [3.8, 4) is 0 Å². The summed E-state index contributed by atoms with van der Waals surface area (Å²) in [5, 5.41) is -0.0236. The number of nitrogens with zero attached hydrogens (tertiary/aromatic N) is 3. The molecule has 0 radical (unpaired) electrons. The Bertz CT molecular complexity index is 704. The maximum absolute atomic E-state index is 12.8. The van der Waals surface area contributed by atoms with E-state index in [0.29, 0.717) is 51.4 Å². The van der Waals surface area contributed by atoms with Crippen molar-refractivity contribution in [2.24, 2.45) is 5.92 Å². The molecule has 0 aromatic carbocycles. The Balaban J connectivity index is 1.61.